The minimum Gasteiger partial charge on any atom is -0.478 e. The summed E-state index contributed by atoms with van der Waals surface area (Å²) in [4.78, 5) is 21.0. The van der Waals surface area contributed by atoms with Crippen LogP contribution in [-0.4, -0.2) is 23.7 Å². The van der Waals surface area contributed by atoms with Gasteiger partial charge in [-0.2, -0.15) is 0 Å². The SMILES string of the molecule is CCC(CC)COC(=O)/C=C/C(=O)O. The van der Waals surface area contributed by atoms with Gasteiger partial charge in [-0.25, -0.2) is 9.59 Å². The van der Waals surface area contributed by atoms with Crippen molar-refractivity contribution in [3.8, 4) is 0 Å². The molecule has 4 heteroatoms. The van der Waals surface area contributed by atoms with Gasteiger partial charge in [-0.15, -0.1) is 0 Å². The molecule has 0 atom stereocenters. The fourth-order valence-corrected chi connectivity index (χ4v) is 0.912. The van der Waals surface area contributed by atoms with Crippen molar-refractivity contribution in [3.05, 3.63) is 12.2 Å². The smallest absolute Gasteiger partial charge is 0.331 e. The number of carbonyl (C=O) groups excluding carboxylic acids is 1. The van der Waals surface area contributed by atoms with Crippen molar-refractivity contribution in [2.24, 2.45) is 5.92 Å². The van der Waals surface area contributed by atoms with Crippen molar-refractivity contribution in [1.29, 1.82) is 0 Å². The first-order valence-electron chi connectivity index (χ1n) is 4.67. The molecule has 0 aromatic rings. The molecular weight excluding hydrogens is 184 g/mol. The number of esters is 1. The Morgan fingerprint density at radius 3 is 2.29 bits per heavy atom. The summed E-state index contributed by atoms with van der Waals surface area (Å²) in [6, 6.07) is 0. The monoisotopic (exact) mass is 200 g/mol. The van der Waals surface area contributed by atoms with E-state index in [1.807, 2.05) is 13.8 Å². The number of ether oxygens (including phenoxy) is 1. The zero-order valence-corrected chi connectivity index (χ0v) is 8.53. The summed E-state index contributed by atoms with van der Waals surface area (Å²) in [6.07, 6.45) is 3.60. The third-order valence-electron chi connectivity index (χ3n) is 1.98. The predicted molar refractivity (Wildman–Crippen MR) is 51.8 cm³/mol. The zero-order valence-electron chi connectivity index (χ0n) is 8.53. The molecule has 0 spiro atoms. The minimum atomic E-state index is -1.15. The van der Waals surface area contributed by atoms with Crippen LogP contribution in [0.1, 0.15) is 26.7 Å². The summed E-state index contributed by atoms with van der Waals surface area (Å²) >= 11 is 0. The molecule has 0 rings (SSSR count). The van der Waals surface area contributed by atoms with Crippen LogP contribution in [0.15, 0.2) is 12.2 Å². The number of carboxylic acid groups (broad SMARTS) is 1. The molecule has 4 nitrogen and oxygen atoms in total. The molecule has 0 aliphatic carbocycles. The van der Waals surface area contributed by atoms with Gasteiger partial charge < -0.3 is 9.84 Å². The molecule has 0 aliphatic heterocycles. The van der Waals surface area contributed by atoms with Crippen molar-refractivity contribution in [3.63, 3.8) is 0 Å². The molecule has 0 aliphatic rings. The topological polar surface area (TPSA) is 63.6 Å². The third kappa shape index (κ3) is 6.22. The van der Waals surface area contributed by atoms with Crippen molar-refractivity contribution < 1.29 is 19.4 Å². The van der Waals surface area contributed by atoms with Crippen LogP contribution >= 0.6 is 0 Å². The number of hydrogen-bond acceptors (Lipinski definition) is 3. The molecule has 80 valence electrons. The fourth-order valence-electron chi connectivity index (χ4n) is 0.912. The number of hydrogen-bond donors (Lipinski definition) is 1. The van der Waals surface area contributed by atoms with Gasteiger partial charge in [-0.05, 0) is 5.92 Å². The molecule has 0 saturated carbocycles. The maximum absolute atomic E-state index is 10.9. The first-order chi connectivity index (χ1) is 6.60. The second-order valence-corrected chi connectivity index (χ2v) is 2.98. The van der Waals surface area contributed by atoms with Crippen molar-refractivity contribution in [2.75, 3.05) is 6.61 Å². The summed E-state index contributed by atoms with van der Waals surface area (Å²) in [5.74, 6) is -1.39. The van der Waals surface area contributed by atoms with Gasteiger partial charge in [0.05, 0.1) is 6.61 Å². The molecule has 14 heavy (non-hydrogen) atoms. The number of carbonyl (C=O) groups is 2. The van der Waals surface area contributed by atoms with Crippen LogP contribution in [-0.2, 0) is 14.3 Å². The molecule has 0 radical (unpaired) electrons. The molecule has 0 fully saturated rings. The Hall–Kier alpha value is -1.32. The van der Waals surface area contributed by atoms with Gasteiger partial charge in [0.2, 0.25) is 0 Å². The van der Waals surface area contributed by atoms with Crippen molar-refractivity contribution >= 4 is 11.9 Å². The quantitative estimate of drug-likeness (QED) is 0.522. The van der Waals surface area contributed by atoms with E-state index in [4.69, 9.17) is 9.84 Å². The van der Waals surface area contributed by atoms with Crippen molar-refractivity contribution in [2.45, 2.75) is 26.7 Å². The molecule has 0 aromatic heterocycles. The van der Waals surface area contributed by atoms with E-state index in [1.54, 1.807) is 0 Å². The Balaban J connectivity index is 3.78. The maximum atomic E-state index is 10.9. The van der Waals surface area contributed by atoms with Crippen LogP contribution in [0.4, 0.5) is 0 Å². The highest BCUT2D eigenvalue weighted by Crippen LogP contribution is 2.07. The van der Waals surface area contributed by atoms with Crippen LogP contribution < -0.4 is 0 Å². The molecule has 0 unspecified atom stereocenters. The summed E-state index contributed by atoms with van der Waals surface area (Å²) in [7, 11) is 0. The summed E-state index contributed by atoms with van der Waals surface area (Å²) in [6.45, 7) is 4.40. The van der Waals surface area contributed by atoms with E-state index in [0.717, 1.165) is 25.0 Å². The lowest BCUT2D eigenvalue weighted by molar-refractivity contribution is -0.140. The molecular formula is C10H16O4. The predicted octanol–water partition coefficient (Wildman–Crippen LogP) is 1.61. The summed E-state index contributed by atoms with van der Waals surface area (Å²) in [5, 5.41) is 8.24. The lowest BCUT2D eigenvalue weighted by atomic mass is 10.1. The number of aliphatic carboxylic acids is 1. The fraction of sp³-hybridized carbons (Fsp3) is 0.600. The first kappa shape index (κ1) is 12.7. The Morgan fingerprint density at radius 1 is 1.29 bits per heavy atom. The molecule has 0 aromatic carbocycles. The third-order valence-corrected chi connectivity index (χ3v) is 1.98. The van der Waals surface area contributed by atoms with Gasteiger partial charge in [-0.3, -0.25) is 0 Å². The average molecular weight is 200 g/mol. The van der Waals surface area contributed by atoms with Crippen LogP contribution in [0.2, 0.25) is 0 Å². The van der Waals surface area contributed by atoms with E-state index < -0.39 is 11.9 Å². The zero-order chi connectivity index (χ0) is 11.0. The highest BCUT2D eigenvalue weighted by molar-refractivity contribution is 5.90. The lowest BCUT2D eigenvalue weighted by Crippen LogP contribution is -2.11. The average Bonchev–Trinajstić information content (AvgIpc) is 2.16. The molecule has 0 saturated heterocycles. The summed E-state index contributed by atoms with van der Waals surface area (Å²) in [5.41, 5.74) is 0. The van der Waals surface area contributed by atoms with Crippen LogP contribution in [0, 0.1) is 5.92 Å². The highest BCUT2D eigenvalue weighted by atomic mass is 16.5. The molecule has 0 heterocycles. The first-order valence-corrected chi connectivity index (χ1v) is 4.67. The standard InChI is InChI=1S/C10H16O4/c1-3-8(4-2)7-14-10(13)6-5-9(11)12/h5-6,8H,3-4,7H2,1-2H3,(H,11,12)/b6-5+. The van der Waals surface area contributed by atoms with Gasteiger partial charge >= 0.3 is 11.9 Å². The van der Waals surface area contributed by atoms with E-state index in [9.17, 15) is 9.59 Å². The van der Waals surface area contributed by atoms with Crippen LogP contribution in [0.5, 0.6) is 0 Å². The van der Waals surface area contributed by atoms with Crippen LogP contribution in [0.3, 0.4) is 0 Å². The molecule has 0 bridgehead atoms. The van der Waals surface area contributed by atoms with Gasteiger partial charge in [0.25, 0.3) is 0 Å². The Kier molecular flexibility index (Phi) is 6.45. The Bertz CT molecular complexity index is 216. The molecule has 0 amide bonds. The highest BCUT2D eigenvalue weighted by Gasteiger charge is 2.06. The largest absolute Gasteiger partial charge is 0.478 e. The van der Waals surface area contributed by atoms with E-state index >= 15 is 0 Å². The van der Waals surface area contributed by atoms with Gasteiger partial charge in [-0.1, -0.05) is 26.7 Å². The number of carboxylic acids is 1. The second kappa shape index (κ2) is 7.12. The lowest BCUT2D eigenvalue weighted by Gasteiger charge is -2.10. The second-order valence-electron chi connectivity index (χ2n) is 2.98. The maximum Gasteiger partial charge on any atom is 0.331 e. The normalized spacial score (nSPS) is 10.8. The van der Waals surface area contributed by atoms with Gasteiger partial charge in [0, 0.05) is 12.2 Å². The Morgan fingerprint density at radius 2 is 1.86 bits per heavy atom. The minimum absolute atomic E-state index is 0.357. The summed E-state index contributed by atoms with van der Waals surface area (Å²) < 4.78 is 4.85. The van der Waals surface area contributed by atoms with E-state index in [2.05, 4.69) is 0 Å². The van der Waals surface area contributed by atoms with Crippen LogP contribution in [0.25, 0.3) is 0 Å². The molecule has 1 N–H and O–H groups in total. The van der Waals surface area contributed by atoms with E-state index in [-0.39, 0.29) is 0 Å². The van der Waals surface area contributed by atoms with Gasteiger partial charge in [0.1, 0.15) is 0 Å². The Labute approximate surface area is 83.6 Å². The van der Waals surface area contributed by atoms with E-state index in [1.165, 1.54) is 0 Å². The van der Waals surface area contributed by atoms with E-state index in [0.29, 0.717) is 12.5 Å². The number of rotatable bonds is 6. The van der Waals surface area contributed by atoms with Gasteiger partial charge in [0.15, 0.2) is 0 Å². The van der Waals surface area contributed by atoms with Crippen molar-refractivity contribution in [1.82, 2.24) is 0 Å².